The van der Waals surface area contributed by atoms with Crippen LogP contribution in [-0.2, 0) is 4.79 Å². The zero-order valence-corrected chi connectivity index (χ0v) is 12.2. The monoisotopic (exact) mass is 308 g/mol. The van der Waals surface area contributed by atoms with E-state index in [1.165, 1.54) is 11.3 Å². The third-order valence-corrected chi connectivity index (χ3v) is 3.85. The number of hydrogen-bond acceptors (Lipinski definition) is 4. The number of imidazole rings is 1. The van der Waals surface area contributed by atoms with Crippen LogP contribution >= 0.6 is 11.3 Å². The largest absolute Gasteiger partial charge is 0.479 e. The van der Waals surface area contributed by atoms with Gasteiger partial charge in [-0.25, -0.2) is 14.6 Å². The maximum atomic E-state index is 12.0. The van der Waals surface area contributed by atoms with Gasteiger partial charge in [-0.1, -0.05) is 13.0 Å². The Hall–Kier alpha value is -2.35. The predicted octanol–water partition coefficient (Wildman–Crippen LogP) is 2.05. The number of rotatable bonds is 6. The Morgan fingerprint density at radius 3 is 2.81 bits per heavy atom. The molecule has 2 unspecified atom stereocenters. The van der Waals surface area contributed by atoms with Crippen LogP contribution < -0.4 is 10.6 Å². The molecule has 7 nitrogen and oxygen atoms in total. The van der Waals surface area contributed by atoms with Crippen molar-refractivity contribution in [3.05, 3.63) is 40.6 Å². The number of aromatic amines is 1. The van der Waals surface area contributed by atoms with Gasteiger partial charge < -0.3 is 20.7 Å². The maximum Gasteiger partial charge on any atom is 0.331 e. The van der Waals surface area contributed by atoms with Crippen LogP contribution in [0.2, 0.25) is 0 Å². The van der Waals surface area contributed by atoms with Gasteiger partial charge in [0.1, 0.15) is 5.82 Å². The van der Waals surface area contributed by atoms with Gasteiger partial charge in [-0.2, -0.15) is 0 Å². The Balaban J connectivity index is 2.01. The Bertz CT molecular complexity index is 583. The highest BCUT2D eigenvalue weighted by Gasteiger charge is 2.24. The molecule has 2 amide bonds. The summed E-state index contributed by atoms with van der Waals surface area (Å²) in [6.45, 7) is 1.90. The molecule has 0 aliphatic carbocycles. The van der Waals surface area contributed by atoms with Gasteiger partial charge in [-0.15, -0.1) is 11.3 Å². The van der Waals surface area contributed by atoms with Gasteiger partial charge in [0.05, 0.1) is 6.04 Å². The number of hydrogen-bond donors (Lipinski definition) is 4. The van der Waals surface area contributed by atoms with Crippen LogP contribution in [0.4, 0.5) is 4.79 Å². The molecule has 0 aromatic carbocycles. The van der Waals surface area contributed by atoms with Crippen molar-refractivity contribution in [2.75, 3.05) is 0 Å². The minimum atomic E-state index is -1.10. The molecule has 112 valence electrons. The van der Waals surface area contributed by atoms with Gasteiger partial charge in [0.15, 0.2) is 6.04 Å². The van der Waals surface area contributed by atoms with E-state index in [2.05, 4.69) is 20.6 Å². The van der Waals surface area contributed by atoms with E-state index in [0.29, 0.717) is 17.1 Å². The summed E-state index contributed by atoms with van der Waals surface area (Å²) in [6, 6.07) is 1.52. The van der Waals surface area contributed by atoms with Gasteiger partial charge in [0.25, 0.3) is 0 Å². The van der Waals surface area contributed by atoms with E-state index in [9.17, 15) is 14.7 Å². The minimum Gasteiger partial charge on any atom is -0.479 e. The molecule has 8 heteroatoms. The molecule has 0 bridgehead atoms. The van der Waals surface area contributed by atoms with Gasteiger partial charge in [0.2, 0.25) is 0 Å². The quantitative estimate of drug-likeness (QED) is 0.655. The van der Waals surface area contributed by atoms with E-state index in [0.717, 1.165) is 0 Å². The van der Waals surface area contributed by atoms with Crippen molar-refractivity contribution in [1.29, 1.82) is 0 Å². The van der Waals surface area contributed by atoms with Crippen LogP contribution in [0.1, 0.15) is 36.1 Å². The highest BCUT2D eigenvalue weighted by molar-refractivity contribution is 7.10. The second-order valence-corrected chi connectivity index (χ2v) is 5.32. The van der Waals surface area contributed by atoms with E-state index in [1.807, 2.05) is 6.92 Å². The number of carboxylic acids is 1. The molecule has 0 aliphatic heterocycles. The third kappa shape index (κ3) is 3.82. The molecule has 0 fully saturated rings. The van der Waals surface area contributed by atoms with Crippen LogP contribution in [-0.4, -0.2) is 27.1 Å². The van der Waals surface area contributed by atoms with E-state index in [4.69, 9.17) is 0 Å². The minimum absolute atomic E-state index is 0.294. The van der Waals surface area contributed by atoms with Crippen molar-refractivity contribution in [2.24, 2.45) is 0 Å². The molecule has 0 saturated heterocycles. The Morgan fingerprint density at radius 2 is 2.29 bits per heavy atom. The molecule has 2 aromatic heterocycles. The normalized spacial score (nSPS) is 13.4. The molecule has 4 N–H and O–H groups in total. The lowest BCUT2D eigenvalue weighted by Crippen LogP contribution is -2.42. The van der Waals surface area contributed by atoms with Crippen LogP contribution in [0, 0.1) is 0 Å². The first-order valence-corrected chi connectivity index (χ1v) is 7.32. The van der Waals surface area contributed by atoms with Gasteiger partial charge in [0, 0.05) is 17.3 Å². The molecule has 2 atom stereocenters. The van der Waals surface area contributed by atoms with E-state index in [1.54, 1.807) is 29.9 Å². The molecule has 2 aromatic rings. The molecule has 0 aliphatic rings. The number of thiophene rings is 1. The van der Waals surface area contributed by atoms with Crippen LogP contribution in [0.5, 0.6) is 0 Å². The molecule has 0 radical (unpaired) electrons. The van der Waals surface area contributed by atoms with E-state index in [-0.39, 0.29) is 6.04 Å². The highest BCUT2D eigenvalue weighted by atomic mass is 32.1. The average Bonchev–Trinajstić information content (AvgIpc) is 3.14. The number of amides is 2. The van der Waals surface area contributed by atoms with Crippen molar-refractivity contribution in [3.63, 3.8) is 0 Å². The SMILES string of the molecule is CCC(NC(=O)NC(C(=O)O)c1cccs1)c1ncc[nH]1. The van der Waals surface area contributed by atoms with E-state index < -0.39 is 18.0 Å². The summed E-state index contributed by atoms with van der Waals surface area (Å²) < 4.78 is 0. The molecule has 2 heterocycles. The second-order valence-electron chi connectivity index (χ2n) is 4.34. The number of carbonyl (C=O) groups excluding carboxylic acids is 1. The number of H-pyrrole nitrogens is 1. The van der Waals surface area contributed by atoms with Gasteiger partial charge >= 0.3 is 12.0 Å². The lowest BCUT2D eigenvalue weighted by molar-refractivity contribution is -0.139. The standard InChI is InChI=1S/C13H16N4O3S/c1-2-8(11-14-5-6-15-11)16-13(20)17-10(12(18)19)9-4-3-7-21-9/h3-8,10H,2H2,1H3,(H,14,15)(H,18,19)(H2,16,17,20). The third-order valence-electron chi connectivity index (χ3n) is 2.91. The number of carboxylic acid groups (broad SMARTS) is 1. The van der Waals surface area contributed by atoms with Gasteiger partial charge in [-0.05, 0) is 17.9 Å². The van der Waals surface area contributed by atoms with Crippen LogP contribution in [0.25, 0.3) is 0 Å². The summed E-state index contributed by atoms with van der Waals surface area (Å²) in [5.41, 5.74) is 0. The topological polar surface area (TPSA) is 107 Å². The fraction of sp³-hybridized carbons (Fsp3) is 0.308. The molecule has 21 heavy (non-hydrogen) atoms. The maximum absolute atomic E-state index is 12.0. The summed E-state index contributed by atoms with van der Waals surface area (Å²) in [7, 11) is 0. The first-order valence-electron chi connectivity index (χ1n) is 6.44. The van der Waals surface area contributed by atoms with Crippen molar-refractivity contribution in [1.82, 2.24) is 20.6 Å². The smallest absolute Gasteiger partial charge is 0.331 e. The van der Waals surface area contributed by atoms with Crippen molar-refractivity contribution in [3.8, 4) is 0 Å². The summed E-state index contributed by atoms with van der Waals surface area (Å²) in [5.74, 6) is -0.464. The summed E-state index contributed by atoms with van der Waals surface area (Å²) in [6.07, 6.45) is 3.91. The van der Waals surface area contributed by atoms with Crippen LogP contribution in [0.3, 0.4) is 0 Å². The van der Waals surface area contributed by atoms with Crippen molar-refractivity contribution < 1.29 is 14.7 Å². The molecule has 0 saturated carbocycles. The fourth-order valence-electron chi connectivity index (χ4n) is 1.87. The lowest BCUT2D eigenvalue weighted by atomic mass is 10.2. The second kappa shape index (κ2) is 6.89. The number of nitrogens with one attached hydrogen (secondary N) is 3. The highest BCUT2D eigenvalue weighted by Crippen LogP contribution is 2.19. The number of nitrogens with zero attached hydrogens (tertiary/aromatic N) is 1. The zero-order valence-electron chi connectivity index (χ0n) is 11.4. The van der Waals surface area contributed by atoms with Crippen molar-refractivity contribution in [2.45, 2.75) is 25.4 Å². The predicted molar refractivity (Wildman–Crippen MR) is 78.0 cm³/mol. The Labute approximate surface area is 125 Å². The van der Waals surface area contributed by atoms with Crippen LogP contribution in [0.15, 0.2) is 29.9 Å². The van der Waals surface area contributed by atoms with E-state index >= 15 is 0 Å². The molecular formula is C13H16N4O3S. The summed E-state index contributed by atoms with van der Waals surface area (Å²) in [5, 5.41) is 16.2. The first kappa shape index (κ1) is 15.0. The Morgan fingerprint density at radius 1 is 1.48 bits per heavy atom. The Kier molecular flexibility index (Phi) is 4.94. The summed E-state index contributed by atoms with van der Waals surface area (Å²) in [4.78, 5) is 30.9. The zero-order chi connectivity index (χ0) is 15.2. The molecule has 2 rings (SSSR count). The number of carbonyl (C=O) groups is 2. The summed E-state index contributed by atoms with van der Waals surface area (Å²) >= 11 is 1.28. The fourth-order valence-corrected chi connectivity index (χ4v) is 2.64. The van der Waals surface area contributed by atoms with Crippen molar-refractivity contribution >= 4 is 23.3 Å². The molecule has 0 spiro atoms. The first-order chi connectivity index (χ1) is 10.1. The lowest BCUT2D eigenvalue weighted by Gasteiger charge is -2.18. The number of urea groups is 1. The number of aromatic nitrogens is 2. The van der Waals surface area contributed by atoms with Gasteiger partial charge in [-0.3, -0.25) is 0 Å². The number of aliphatic carboxylic acids is 1. The molecular weight excluding hydrogens is 292 g/mol. The average molecular weight is 308 g/mol.